The van der Waals surface area contributed by atoms with Gasteiger partial charge in [-0.1, -0.05) is 18.2 Å². The van der Waals surface area contributed by atoms with Crippen LogP contribution in [0.2, 0.25) is 0 Å². The molecule has 27 heavy (non-hydrogen) atoms. The average molecular weight is 366 g/mol. The number of ether oxygens (including phenoxy) is 1. The van der Waals surface area contributed by atoms with Crippen LogP contribution < -0.4 is 9.64 Å². The third kappa shape index (κ3) is 4.03. The number of hydrogen-bond acceptors (Lipinski definition) is 4. The molecule has 1 atom stereocenters. The zero-order chi connectivity index (χ0) is 18.6. The van der Waals surface area contributed by atoms with Gasteiger partial charge >= 0.3 is 0 Å². The van der Waals surface area contributed by atoms with Crippen molar-refractivity contribution < 1.29 is 14.2 Å². The summed E-state index contributed by atoms with van der Waals surface area (Å²) < 4.78 is 18.9. The molecule has 2 aromatic carbocycles. The summed E-state index contributed by atoms with van der Waals surface area (Å²) in [4.78, 5) is 7.07. The number of anilines is 1. The Balaban J connectivity index is 1.49. The highest BCUT2D eigenvalue weighted by Gasteiger charge is 2.23. The van der Waals surface area contributed by atoms with E-state index in [0.717, 1.165) is 48.2 Å². The molecule has 0 saturated carbocycles. The fourth-order valence-electron chi connectivity index (χ4n) is 3.68. The molecule has 1 saturated heterocycles. The number of rotatable bonds is 5. The van der Waals surface area contributed by atoms with E-state index < -0.39 is 0 Å². The highest BCUT2D eigenvalue weighted by molar-refractivity contribution is 5.81. The first-order valence-corrected chi connectivity index (χ1v) is 9.36. The van der Waals surface area contributed by atoms with Crippen molar-refractivity contribution in [1.29, 1.82) is 0 Å². The molecule has 0 bridgehead atoms. The standard InChI is InChI=1S/C22H23FN2O2/c23-19-7-9-20(10-8-19)27-15-16-4-3-11-25(13-16)22-18(14-26)12-17-5-1-2-6-21(17)24-22/h1-2,5-10,12,16,26H,3-4,11,13-15H2/t16-/m1/s1. The van der Waals surface area contributed by atoms with Crippen LogP contribution in [0, 0.1) is 11.7 Å². The maximum absolute atomic E-state index is 13.0. The van der Waals surface area contributed by atoms with Gasteiger partial charge in [0.15, 0.2) is 0 Å². The van der Waals surface area contributed by atoms with E-state index in [9.17, 15) is 9.50 Å². The first-order chi connectivity index (χ1) is 13.2. The number of pyridine rings is 1. The SMILES string of the molecule is OCc1cc2ccccc2nc1N1CCC[C@@H](COc2ccc(F)cc2)C1. The van der Waals surface area contributed by atoms with Crippen LogP contribution in [0.15, 0.2) is 54.6 Å². The average Bonchev–Trinajstić information content (AvgIpc) is 2.72. The zero-order valence-electron chi connectivity index (χ0n) is 15.1. The monoisotopic (exact) mass is 366 g/mol. The Labute approximate surface area is 158 Å². The normalized spacial score (nSPS) is 17.3. The summed E-state index contributed by atoms with van der Waals surface area (Å²) in [6.45, 7) is 2.31. The molecule has 2 heterocycles. The zero-order valence-corrected chi connectivity index (χ0v) is 15.1. The number of halogens is 1. The van der Waals surface area contributed by atoms with Crippen LogP contribution in [0.25, 0.3) is 10.9 Å². The van der Waals surface area contributed by atoms with Crippen LogP contribution in [0.1, 0.15) is 18.4 Å². The van der Waals surface area contributed by atoms with Gasteiger partial charge in [-0.2, -0.15) is 0 Å². The molecule has 0 radical (unpaired) electrons. The molecule has 1 aliphatic rings. The van der Waals surface area contributed by atoms with Gasteiger partial charge in [-0.3, -0.25) is 0 Å². The fraction of sp³-hybridized carbons (Fsp3) is 0.318. The lowest BCUT2D eigenvalue weighted by Crippen LogP contribution is -2.38. The molecular weight excluding hydrogens is 343 g/mol. The van der Waals surface area contributed by atoms with E-state index in [4.69, 9.17) is 9.72 Å². The maximum Gasteiger partial charge on any atom is 0.134 e. The third-order valence-corrected chi connectivity index (χ3v) is 5.07. The summed E-state index contributed by atoms with van der Waals surface area (Å²) in [6, 6.07) is 16.1. The van der Waals surface area contributed by atoms with Crippen LogP contribution >= 0.6 is 0 Å². The highest BCUT2D eigenvalue weighted by Crippen LogP contribution is 2.28. The molecule has 3 aromatic rings. The lowest BCUT2D eigenvalue weighted by Gasteiger charge is -2.34. The van der Waals surface area contributed by atoms with Gasteiger partial charge in [0, 0.05) is 30.0 Å². The van der Waals surface area contributed by atoms with Crippen LogP contribution in [-0.4, -0.2) is 29.8 Å². The molecule has 0 amide bonds. The van der Waals surface area contributed by atoms with Gasteiger partial charge in [-0.15, -0.1) is 0 Å². The number of hydrogen-bond donors (Lipinski definition) is 1. The second kappa shape index (κ2) is 7.92. The number of fused-ring (bicyclic) bond motifs is 1. The van der Waals surface area contributed by atoms with Crippen molar-refractivity contribution in [1.82, 2.24) is 4.98 Å². The first-order valence-electron chi connectivity index (χ1n) is 9.36. The van der Waals surface area contributed by atoms with Gasteiger partial charge in [0.1, 0.15) is 17.4 Å². The minimum atomic E-state index is -0.259. The topological polar surface area (TPSA) is 45.6 Å². The van der Waals surface area contributed by atoms with Crippen LogP contribution in [0.5, 0.6) is 5.75 Å². The number of para-hydroxylation sites is 1. The molecule has 4 rings (SSSR count). The number of piperidine rings is 1. The van der Waals surface area contributed by atoms with Gasteiger partial charge in [-0.25, -0.2) is 9.37 Å². The van der Waals surface area contributed by atoms with Crippen molar-refractivity contribution in [2.24, 2.45) is 5.92 Å². The van der Waals surface area contributed by atoms with Crippen LogP contribution in [0.4, 0.5) is 10.2 Å². The molecule has 0 aliphatic carbocycles. The molecule has 1 N–H and O–H groups in total. The van der Waals surface area contributed by atoms with Gasteiger partial charge in [-0.05, 0) is 49.2 Å². The quantitative estimate of drug-likeness (QED) is 0.736. The van der Waals surface area contributed by atoms with E-state index in [2.05, 4.69) is 4.90 Å². The minimum Gasteiger partial charge on any atom is -0.493 e. The Morgan fingerprint density at radius 3 is 2.78 bits per heavy atom. The predicted octanol–water partition coefficient (Wildman–Crippen LogP) is 4.16. The van der Waals surface area contributed by atoms with E-state index in [-0.39, 0.29) is 12.4 Å². The van der Waals surface area contributed by atoms with E-state index in [1.807, 2.05) is 30.3 Å². The number of aliphatic hydroxyl groups excluding tert-OH is 1. The van der Waals surface area contributed by atoms with Crippen LogP contribution in [0.3, 0.4) is 0 Å². The lowest BCUT2D eigenvalue weighted by molar-refractivity contribution is 0.227. The second-order valence-electron chi connectivity index (χ2n) is 7.04. The molecule has 5 heteroatoms. The molecule has 0 spiro atoms. The first kappa shape index (κ1) is 17.7. The van der Waals surface area contributed by atoms with E-state index in [1.54, 1.807) is 12.1 Å². The van der Waals surface area contributed by atoms with E-state index in [1.165, 1.54) is 12.1 Å². The highest BCUT2D eigenvalue weighted by atomic mass is 19.1. The Kier molecular flexibility index (Phi) is 5.21. The Bertz CT molecular complexity index is 914. The minimum absolute atomic E-state index is 0.0274. The number of benzene rings is 2. The summed E-state index contributed by atoms with van der Waals surface area (Å²) in [7, 11) is 0. The van der Waals surface area contributed by atoms with Gasteiger partial charge < -0.3 is 14.7 Å². The predicted molar refractivity (Wildman–Crippen MR) is 104 cm³/mol. The van der Waals surface area contributed by atoms with Crippen molar-refractivity contribution in [2.75, 3.05) is 24.6 Å². The summed E-state index contributed by atoms with van der Waals surface area (Å²) >= 11 is 0. The summed E-state index contributed by atoms with van der Waals surface area (Å²) in [5.41, 5.74) is 1.79. The van der Waals surface area contributed by atoms with Crippen molar-refractivity contribution in [3.63, 3.8) is 0 Å². The molecule has 1 aromatic heterocycles. The molecule has 140 valence electrons. The summed E-state index contributed by atoms with van der Waals surface area (Å²) in [5.74, 6) is 1.66. The summed E-state index contributed by atoms with van der Waals surface area (Å²) in [5, 5.41) is 10.9. The Morgan fingerprint density at radius 1 is 1.15 bits per heavy atom. The van der Waals surface area contributed by atoms with Crippen molar-refractivity contribution in [2.45, 2.75) is 19.4 Å². The van der Waals surface area contributed by atoms with Crippen molar-refractivity contribution in [3.05, 3.63) is 66.0 Å². The molecule has 1 fully saturated rings. The number of aromatic nitrogens is 1. The van der Waals surface area contributed by atoms with E-state index >= 15 is 0 Å². The fourth-order valence-corrected chi connectivity index (χ4v) is 3.68. The van der Waals surface area contributed by atoms with Gasteiger partial charge in [0.05, 0.1) is 18.7 Å². The number of aliphatic hydroxyl groups is 1. The van der Waals surface area contributed by atoms with Crippen molar-refractivity contribution in [3.8, 4) is 5.75 Å². The molecular formula is C22H23FN2O2. The maximum atomic E-state index is 13.0. The lowest BCUT2D eigenvalue weighted by atomic mass is 9.98. The van der Waals surface area contributed by atoms with Crippen LogP contribution in [-0.2, 0) is 6.61 Å². The van der Waals surface area contributed by atoms with Gasteiger partial charge in [0.25, 0.3) is 0 Å². The molecule has 4 nitrogen and oxygen atoms in total. The largest absolute Gasteiger partial charge is 0.493 e. The van der Waals surface area contributed by atoms with E-state index in [0.29, 0.717) is 18.3 Å². The summed E-state index contributed by atoms with van der Waals surface area (Å²) in [6.07, 6.45) is 2.14. The van der Waals surface area contributed by atoms with Gasteiger partial charge in [0.2, 0.25) is 0 Å². The molecule has 0 unspecified atom stereocenters. The Hall–Kier alpha value is -2.66. The smallest absolute Gasteiger partial charge is 0.134 e. The number of nitrogens with zero attached hydrogens (tertiary/aromatic N) is 2. The Morgan fingerprint density at radius 2 is 1.96 bits per heavy atom. The molecule has 1 aliphatic heterocycles. The van der Waals surface area contributed by atoms with Crippen molar-refractivity contribution >= 4 is 16.7 Å². The third-order valence-electron chi connectivity index (χ3n) is 5.07. The second-order valence-corrected chi connectivity index (χ2v) is 7.04.